The molecule has 2 atom stereocenters. The van der Waals surface area contributed by atoms with Crippen LogP contribution < -0.4 is 10.6 Å². The Bertz CT molecular complexity index is 939. The molecule has 1 aromatic heterocycles. The fraction of sp³-hybridized carbons (Fsp3) is 0.560. The summed E-state index contributed by atoms with van der Waals surface area (Å²) in [7, 11) is 1.75. The van der Waals surface area contributed by atoms with Gasteiger partial charge in [-0.25, -0.2) is 4.98 Å². The van der Waals surface area contributed by atoms with Gasteiger partial charge in [0.2, 0.25) is 5.90 Å². The van der Waals surface area contributed by atoms with Crippen molar-refractivity contribution in [2.45, 2.75) is 77.5 Å². The number of hydrogen-bond donors (Lipinski definition) is 4. The smallest absolute Gasteiger partial charge is 0.224 e. The summed E-state index contributed by atoms with van der Waals surface area (Å²) >= 11 is 0. The molecule has 0 spiro atoms. The van der Waals surface area contributed by atoms with Gasteiger partial charge in [-0.1, -0.05) is 37.8 Å². The Morgan fingerprint density at radius 2 is 1.94 bits per heavy atom. The summed E-state index contributed by atoms with van der Waals surface area (Å²) in [4.78, 5) is 4.77. The van der Waals surface area contributed by atoms with E-state index in [4.69, 9.17) is 25.3 Å². The highest BCUT2D eigenvalue weighted by atomic mass is 16.5. The van der Waals surface area contributed by atoms with Crippen LogP contribution in [0.3, 0.4) is 0 Å². The third kappa shape index (κ3) is 6.26. The predicted octanol–water partition coefficient (Wildman–Crippen LogP) is 5.01. The van der Waals surface area contributed by atoms with Crippen molar-refractivity contribution in [1.29, 1.82) is 10.8 Å². The van der Waals surface area contributed by atoms with Crippen molar-refractivity contribution in [3.8, 4) is 0 Å². The lowest BCUT2D eigenvalue weighted by Gasteiger charge is -2.32. The molecular weight excluding hydrogens is 402 g/mol. The molecule has 1 heterocycles. The summed E-state index contributed by atoms with van der Waals surface area (Å²) < 4.78 is 11.2. The first-order valence-corrected chi connectivity index (χ1v) is 11.7. The van der Waals surface area contributed by atoms with E-state index in [1.54, 1.807) is 7.11 Å². The highest BCUT2D eigenvalue weighted by Crippen LogP contribution is 2.24. The van der Waals surface area contributed by atoms with Gasteiger partial charge in [-0.2, -0.15) is 0 Å². The van der Waals surface area contributed by atoms with Crippen molar-refractivity contribution in [1.82, 2.24) is 10.3 Å². The van der Waals surface area contributed by atoms with Gasteiger partial charge in [-0.05, 0) is 44.4 Å². The van der Waals surface area contributed by atoms with Crippen molar-refractivity contribution >= 4 is 28.5 Å². The van der Waals surface area contributed by atoms with Crippen LogP contribution in [-0.2, 0) is 9.47 Å². The summed E-state index contributed by atoms with van der Waals surface area (Å²) in [5.41, 5.74) is 2.51. The average Bonchev–Trinajstić information content (AvgIpc) is 2.78. The topological polar surface area (TPSA) is 103 Å². The van der Waals surface area contributed by atoms with Crippen molar-refractivity contribution in [2.75, 3.05) is 19.0 Å². The van der Waals surface area contributed by atoms with Gasteiger partial charge in [0.05, 0.1) is 17.2 Å². The quantitative estimate of drug-likeness (QED) is 0.325. The maximum absolute atomic E-state index is 8.36. The van der Waals surface area contributed by atoms with E-state index in [1.165, 1.54) is 39.0 Å². The molecule has 0 saturated heterocycles. The van der Waals surface area contributed by atoms with Crippen LogP contribution in [0.15, 0.2) is 24.3 Å². The van der Waals surface area contributed by atoms with Crippen LogP contribution in [-0.4, -0.2) is 48.6 Å². The predicted molar refractivity (Wildman–Crippen MR) is 131 cm³/mol. The second-order valence-electron chi connectivity index (χ2n) is 8.74. The van der Waals surface area contributed by atoms with Gasteiger partial charge in [0.15, 0.2) is 5.90 Å². The van der Waals surface area contributed by atoms with Crippen molar-refractivity contribution < 1.29 is 9.47 Å². The zero-order valence-corrected chi connectivity index (χ0v) is 19.8. The zero-order chi connectivity index (χ0) is 23.1. The number of fused-ring (bicyclic) bond motifs is 1. The molecule has 0 amide bonds. The number of aromatic nitrogens is 1. The Kier molecular flexibility index (Phi) is 8.59. The van der Waals surface area contributed by atoms with Gasteiger partial charge in [-0.15, -0.1) is 0 Å². The van der Waals surface area contributed by atoms with E-state index in [9.17, 15) is 0 Å². The first-order chi connectivity index (χ1) is 15.4. The number of pyridine rings is 1. The van der Waals surface area contributed by atoms with E-state index < -0.39 is 0 Å². The third-order valence-electron chi connectivity index (χ3n) is 6.19. The van der Waals surface area contributed by atoms with Gasteiger partial charge in [0.1, 0.15) is 5.82 Å². The van der Waals surface area contributed by atoms with Crippen LogP contribution in [0.1, 0.15) is 63.5 Å². The van der Waals surface area contributed by atoms with Crippen molar-refractivity contribution in [3.63, 3.8) is 0 Å². The second kappa shape index (κ2) is 11.4. The number of aryl methyl sites for hydroxylation is 1. The van der Waals surface area contributed by atoms with E-state index in [2.05, 4.69) is 17.6 Å². The molecule has 1 aliphatic rings. The molecule has 1 saturated carbocycles. The standard InChI is InChI=1S/C25H37N5O2/c1-5-21(29-19-9-7-6-8-10-19)23(31-4)15-28-25-20(24(27)32-17(3)26)14-18-13-16(2)11-12-22(18)30-25/h11-14,19,21,23,26-27,29H,5-10,15H2,1-4H3,(H,28,30). The average molecular weight is 440 g/mol. The third-order valence-corrected chi connectivity index (χ3v) is 6.19. The Balaban J connectivity index is 1.80. The molecule has 0 radical (unpaired) electrons. The zero-order valence-electron chi connectivity index (χ0n) is 19.8. The second-order valence-corrected chi connectivity index (χ2v) is 8.74. The van der Waals surface area contributed by atoms with Crippen LogP contribution in [0, 0.1) is 17.7 Å². The first-order valence-electron chi connectivity index (χ1n) is 11.7. The summed E-state index contributed by atoms with van der Waals surface area (Å²) in [5, 5.41) is 24.1. The number of anilines is 1. The number of benzene rings is 1. The van der Waals surface area contributed by atoms with Gasteiger partial charge in [0, 0.05) is 38.0 Å². The van der Waals surface area contributed by atoms with Gasteiger partial charge < -0.3 is 20.1 Å². The van der Waals surface area contributed by atoms with Crippen LogP contribution in [0.4, 0.5) is 5.82 Å². The highest BCUT2D eigenvalue weighted by molar-refractivity contribution is 6.04. The minimum absolute atomic E-state index is 0.0252. The summed E-state index contributed by atoms with van der Waals surface area (Å²) in [6.45, 7) is 6.29. The Labute approximate surface area is 191 Å². The maximum atomic E-state index is 8.36. The number of ether oxygens (including phenoxy) is 2. The summed E-state index contributed by atoms with van der Waals surface area (Å²) in [6, 6.07) is 8.75. The van der Waals surface area contributed by atoms with Crippen molar-refractivity contribution in [2.24, 2.45) is 0 Å². The molecule has 1 aromatic carbocycles. The maximum Gasteiger partial charge on any atom is 0.224 e. The SMILES string of the molecule is CCC(NC1CCCCC1)C(CNc1nc2ccc(C)cc2cc1C(=N)OC(C)=N)OC. The van der Waals surface area contributed by atoms with E-state index in [1.807, 2.05) is 31.2 Å². The lowest BCUT2D eigenvalue weighted by Crippen LogP contribution is -2.49. The molecule has 3 rings (SSSR count). The van der Waals surface area contributed by atoms with Crippen LogP contribution >= 0.6 is 0 Å². The van der Waals surface area contributed by atoms with Gasteiger partial charge in [0.25, 0.3) is 0 Å². The van der Waals surface area contributed by atoms with E-state index in [-0.39, 0.29) is 23.9 Å². The van der Waals surface area contributed by atoms with Crippen LogP contribution in [0.2, 0.25) is 0 Å². The lowest BCUT2D eigenvalue weighted by atomic mass is 9.94. The van der Waals surface area contributed by atoms with E-state index in [0.717, 1.165) is 22.9 Å². The van der Waals surface area contributed by atoms with Crippen LogP contribution in [0.5, 0.6) is 0 Å². The number of nitrogens with one attached hydrogen (secondary N) is 4. The molecule has 4 N–H and O–H groups in total. The monoisotopic (exact) mass is 439 g/mol. The molecular formula is C25H37N5O2. The first kappa shape index (κ1) is 24.1. The molecule has 1 fully saturated rings. The molecule has 2 aromatic rings. The molecule has 0 aliphatic heterocycles. The highest BCUT2D eigenvalue weighted by Gasteiger charge is 2.24. The summed E-state index contributed by atoms with van der Waals surface area (Å²) in [6.07, 6.45) is 7.32. The Morgan fingerprint density at radius 1 is 1.19 bits per heavy atom. The number of nitrogens with zero attached hydrogens (tertiary/aromatic N) is 1. The Morgan fingerprint density at radius 3 is 2.59 bits per heavy atom. The molecule has 32 heavy (non-hydrogen) atoms. The molecule has 1 aliphatic carbocycles. The normalized spacial score (nSPS) is 16.5. The largest absolute Gasteiger partial charge is 0.425 e. The summed E-state index contributed by atoms with van der Waals surface area (Å²) in [5.74, 6) is 0.460. The number of hydrogen-bond acceptors (Lipinski definition) is 7. The van der Waals surface area contributed by atoms with Gasteiger partial charge >= 0.3 is 0 Å². The number of methoxy groups -OCH3 is 1. The molecule has 7 nitrogen and oxygen atoms in total. The van der Waals surface area contributed by atoms with Gasteiger partial charge in [-0.3, -0.25) is 10.8 Å². The fourth-order valence-electron chi connectivity index (χ4n) is 4.46. The number of rotatable bonds is 9. The fourth-order valence-corrected chi connectivity index (χ4v) is 4.46. The Hall–Kier alpha value is -2.51. The van der Waals surface area contributed by atoms with Crippen LogP contribution in [0.25, 0.3) is 10.9 Å². The van der Waals surface area contributed by atoms with Crippen molar-refractivity contribution in [3.05, 3.63) is 35.4 Å². The van der Waals surface area contributed by atoms with E-state index >= 15 is 0 Å². The molecule has 2 unspecified atom stereocenters. The molecule has 174 valence electrons. The molecule has 0 bridgehead atoms. The lowest BCUT2D eigenvalue weighted by molar-refractivity contribution is 0.0699. The van der Waals surface area contributed by atoms with E-state index in [0.29, 0.717) is 24.0 Å². The minimum Gasteiger partial charge on any atom is -0.425 e. The minimum atomic E-state index is -0.0859. The molecule has 7 heteroatoms.